The summed E-state index contributed by atoms with van der Waals surface area (Å²) in [5.41, 5.74) is 1.09. The number of nitrogens with zero attached hydrogens (tertiary/aromatic N) is 2. The van der Waals surface area contributed by atoms with E-state index in [2.05, 4.69) is 23.0 Å². The summed E-state index contributed by atoms with van der Waals surface area (Å²) in [7, 11) is 3.36. The van der Waals surface area contributed by atoms with E-state index < -0.39 is 0 Å². The molecule has 2 heterocycles. The summed E-state index contributed by atoms with van der Waals surface area (Å²) in [5.74, 6) is 2.46. The highest BCUT2D eigenvalue weighted by molar-refractivity contribution is 7.98. The van der Waals surface area contributed by atoms with E-state index in [0.29, 0.717) is 0 Å². The third kappa shape index (κ3) is 3.43. The van der Waals surface area contributed by atoms with Crippen molar-refractivity contribution in [2.45, 2.75) is 24.1 Å². The van der Waals surface area contributed by atoms with Crippen molar-refractivity contribution in [1.29, 1.82) is 0 Å². The second-order valence-corrected chi connectivity index (χ2v) is 7.01. The monoisotopic (exact) mass is 346 g/mol. The standard InChI is InChI=1S/C17H18N2O2S2/c1-4-13-8-14-16(18-10-19-17(14)23-13)22-9-11-7-12(20-2)5-6-15(11)21-3/h5-8,10H,4,9H2,1-3H3. The van der Waals surface area contributed by atoms with Gasteiger partial charge in [0.2, 0.25) is 0 Å². The van der Waals surface area contributed by atoms with Gasteiger partial charge in [0.25, 0.3) is 0 Å². The smallest absolute Gasteiger partial charge is 0.128 e. The third-order valence-corrected chi connectivity index (χ3v) is 5.79. The first-order chi connectivity index (χ1) is 11.2. The minimum atomic E-state index is 0.768. The molecule has 0 atom stereocenters. The summed E-state index contributed by atoms with van der Waals surface area (Å²) in [6, 6.07) is 8.05. The largest absolute Gasteiger partial charge is 0.497 e. The lowest BCUT2D eigenvalue weighted by Crippen LogP contribution is -1.93. The Kier molecular flexibility index (Phi) is 5.03. The van der Waals surface area contributed by atoms with E-state index in [-0.39, 0.29) is 0 Å². The Labute approximate surface area is 143 Å². The molecule has 3 rings (SSSR count). The molecule has 1 aromatic carbocycles. The molecule has 2 aromatic heterocycles. The number of aromatic nitrogens is 2. The van der Waals surface area contributed by atoms with Gasteiger partial charge in [0, 0.05) is 21.6 Å². The van der Waals surface area contributed by atoms with Crippen molar-refractivity contribution in [3.63, 3.8) is 0 Å². The van der Waals surface area contributed by atoms with Gasteiger partial charge in [-0.15, -0.1) is 23.1 Å². The van der Waals surface area contributed by atoms with Crippen LogP contribution >= 0.6 is 23.1 Å². The van der Waals surface area contributed by atoms with E-state index in [1.54, 1.807) is 43.6 Å². The second kappa shape index (κ2) is 7.19. The van der Waals surface area contributed by atoms with Crippen LogP contribution in [0.4, 0.5) is 0 Å². The summed E-state index contributed by atoms with van der Waals surface area (Å²) in [6.07, 6.45) is 2.66. The average Bonchev–Trinajstić information content (AvgIpc) is 3.03. The van der Waals surface area contributed by atoms with Crippen LogP contribution in [0.15, 0.2) is 35.6 Å². The number of aryl methyl sites for hydroxylation is 1. The van der Waals surface area contributed by atoms with Gasteiger partial charge in [-0.1, -0.05) is 6.92 Å². The zero-order valence-electron chi connectivity index (χ0n) is 13.3. The number of hydrogen-bond acceptors (Lipinski definition) is 6. The number of thiophene rings is 1. The van der Waals surface area contributed by atoms with Gasteiger partial charge in [-0.05, 0) is 30.7 Å². The molecule has 0 aliphatic rings. The van der Waals surface area contributed by atoms with E-state index in [1.165, 1.54) is 4.88 Å². The molecule has 0 saturated heterocycles. The van der Waals surface area contributed by atoms with E-state index in [0.717, 1.165) is 44.5 Å². The number of benzene rings is 1. The summed E-state index contributed by atoms with van der Waals surface area (Å²) in [6.45, 7) is 2.16. The quantitative estimate of drug-likeness (QED) is 0.483. The molecule has 23 heavy (non-hydrogen) atoms. The zero-order chi connectivity index (χ0) is 16.2. The molecule has 0 aliphatic heterocycles. The van der Waals surface area contributed by atoms with Crippen LogP contribution in [0.5, 0.6) is 11.5 Å². The first-order valence-corrected chi connectivity index (χ1v) is 9.12. The van der Waals surface area contributed by atoms with Crippen molar-refractivity contribution in [1.82, 2.24) is 9.97 Å². The first-order valence-electron chi connectivity index (χ1n) is 7.32. The highest BCUT2D eigenvalue weighted by Gasteiger charge is 2.11. The van der Waals surface area contributed by atoms with Crippen LogP contribution in [0.2, 0.25) is 0 Å². The summed E-state index contributed by atoms with van der Waals surface area (Å²) in [4.78, 5) is 11.2. The summed E-state index contributed by atoms with van der Waals surface area (Å²) in [5, 5.41) is 2.15. The summed E-state index contributed by atoms with van der Waals surface area (Å²) < 4.78 is 10.7. The molecule has 120 valence electrons. The van der Waals surface area contributed by atoms with E-state index in [1.807, 2.05) is 18.2 Å². The van der Waals surface area contributed by atoms with Crippen LogP contribution in [0.3, 0.4) is 0 Å². The van der Waals surface area contributed by atoms with Crippen LogP contribution in [0.25, 0.3) is 10.2 Å². The van der Waals surface area contributed by atoms with Crippen molar-refractivity contribution in [3.05, 3.63) is 41.0 Å². The Morgan fingerprint density at radius 3 is 2.74 bits per heavy atom. The fourth-order valence-corrected chi connectivity index (χ4v) is 4.26. The predicted molar refractivity (Wildman–Crippen MR) is 95.9 cm³/mol. The molecule has 3 aromatic rings. The third-order valence-electron chi connectivity index (χ3n) is 3.54. The van der Waals surface area contributed by atoms with E-state index in [9.17, 15) is 0 Å². The molecule has 0 fully saturated rings. The Bertz CT molecular complexity index is 817. The molecular formula is C17H18N2O2S2. The van der Waals surface area contributed by atoms with Gasteiger partial charge >= 0.3 is 0 Å². The normalized spacial score (nSPS) is 10.9. The van der Waals surface area contributed by atoms with Crippen molar-refractivity contribution in [2.24, 2.45) is 0 Å². The van der Waals surface area contributed by atoms with Gasteiger partial charge < -0.3 is 9.47 Å². The van der Waals surface area contributed by atoms with Gasteiger partial charge in [0.1, 0.15) is 27.7 Å². The maximum Gasteiger partial charge on any atom is 0.128 e. The topological polar surface area (TPSA) is 44.2 Å². The van der Waals surface area contributed by atoms with Crippen LogP contribution in [-0.4, -0.2) is 24.2 Å². The molecule has 0 aliphatic carbocycles. The molecule has 0 radical (unpaired) electrons. The molecule has 0 N–H and O–H groups in total. The molecule has 6 heteroatoms. The highest BCUT2D eigenvalue weighted by atomic mass is 32.2. The Balaban J connectivity index is 1.87. The number of rotatable bonds is 6. The second-order valence-electron chi connectivity index (χ2n) is 4.93. The lowest BCUT2D eigenvalue weighted by Gasteiger charge is -2.10. The molecular weight excluding hydrogens is 328 g/mol. The van der Waals surface area contributed by atoms with E-state index >= 15 is 0 Å². The van der Waals surface area contributed by atoms with Crippen molar-refractivity contribution in [3.8, 4) is 11.5 Å². The van der Waals surface area contributed by atoms with Crippen molar-refractivity contribution in [2.75, 3.05) is 14.2 Å². The Hall–Kier alpha value is -1.79. The van der Waals surface area contributed by atoms with Crippen LogP contribution in [0.1, 0.15) is 17.4 Å². The van der Waals surface area contributed by atoms with Crippen molar-refractivity contribution < 1.29 is 9.47 Å². The Morgan fingerprint density at radius 1 is 1.13 bits per heavy atom. The first kappa shape index (κ1) is 16.1. The fraction of sp³-hybridized carbons (Fsp3) is 0.294. The number of fused-ring (bicyclic) bond motifs is 1. The number of hydrogen-bond donors (Lipinski definition) is 0. The highest BCUT2D eigenvalue weighted by Crippen LogP contribution is 2.35. The molecule has 0 amide bonds. The van der Waals surface area contributed by atoms with Gasteiger partial charge in [-0.25, -0.2) is 9.97 Å². The van der Waals surface area contributed by atoms with Crippen LogP contribution in [-0.2, 0) is 12.2 Å². The van der Waals surface area contributed by atoms with Crippen LogP contribution < -0.4 is 9.47 Å². The molecule has 0 unspecified atom stereocenters. The van der Waals surface area contributed by atoms with Crippen molar-refractivity contribution >= 4 is 33.3 Å². The maximum absolute atomic E-state index is 5.44. The van der Waals surface area contributed by atoms with Gasteiger partial charge in [0.15, 0.2) is 0 Å². The maximum atomic E-state index is 5.44. The lowest BCUT2D eigenvalue weighted by molar-refractivity contribution is 0.400. The summed E-state index contributed by atoms with van der Waals surface area (Å²) >= 11 is 3.43. The minimum Gasteiger partial charge on any atom is -0.497 e. The Morgan fingerprint density at radius 2 is 2.00 bits per heavy atom. The molecule has 0 bridgehead atoms. The van der Waals surface area contributed by atoms with E-state index in [4.69, 9.17) is 9.47 Å². The predicted octanol–water partition coefficient (Wildman–Crippen LogP) is 4.56. The minimum absolute atomic E-state index is 0.768. The van der Waals surface area contributed by atoms with Crippen LogP contribution in [0, 0.1) is 0 Å². The van der Waals surface area contributed by atoms with Gasteiger partial charge in [0.05, 0.1) is 14.2 Å². The SMILES string of the molecule is CCc1cc2c(SCc3cc(OC)ccc3OC)ncnc2s1. The zero-order valence-corrected chi connectivity index (χ0v) is 15.0. The van der Waals surface area contributed by atoms with Gasteiger partial charge in [-0.3, -0.25) is 0 Å². The average molecular weight is 346 g/mol. The molecule has 0 spiro atoms. The number of methoxy groups -OCH3 is 2. The number of thioether (sulfide) groups is 1. The number of ether oxygens (including phenoxy) is 2. The lowest BCUT2D eigenvalue weighted by atomic mass is 10.2. The van der Waals surface area contributed by atoms with Gasteiger partial charge in [-0.2, -0.15) is 0 Å². The molecule has 0 saturated carbocycles. The fourth-order valence-electron chi connectivity index (χ4n) is 2.31. The molecule has 4 nitrogen and oxygen atoms in total.